The predicted octanol–water partition coefficient (Wildman–Crippen LogP) is -1.48. The Morgan fingerprint density at radius 3 is 2.07 bits per heavy atom. The van der Waals surface area contributed by atoms with Crippen LogP contribution in [0.2, 0.25) is 0 Å². The fraction of sp³-hybridized carbons (Fsp3) is 0.704. The maximum atomic E-state index is 13.1. The van der Waals surface area contributed by atoms with E-state index in [4.69, 9.17) is 11.5 Å². The third-order valence-electron chi connectivity index (χ3n) is 6.85. The van der Waals surface area contributed by atoms with Crippen molar-refractivity contribution in [2.75, 3.05) is 13.2 Å². The highest BCUT2D eigenvalue weighted by Crippen LogP contribution is 2.11. The smallest absolute Gasteiger partial charge is 0.326 e. The molecule has 0 unspecified atom stereocenters. The molecule has 0 aliphatic carbocycles. The van der Waals surface area contributed by atoms with Crippen LogP contribution in [0.4, 0.5) is 0 Å². The number of aliphatic hydroxyl groups excluding tert-OH is 1. The minimum absolute atomic E-state index is 0.00154. The SMILES string of the molecule is CC[C@H](C)[C@H](NC(=O)[C@H](CO)NC(=O)[C@H](CC(C)C)NC(=O)[C@@H](N)CCCCN)C(=O)N[C@@H](Cc1cnc[nH]1)C(=O)O. The van der Waals surface area contributed by atoms with Crippen molar-refractivity contribution in [2.45, 2.75) is 96.4 Å². The zero-order chi connectivity index (χ0) is 31.8. The van der Waals surface area contributed by atoms with Crippen molar-refractivity contribution in [3.63, 3.8) is 0 Å². The van der Waals surface area contributed by atoms with E-state index in [-0.39, 0.29) is 18.8 Å². The van der Waals surface area contributed by atoms with Gasteiger partial charge in [-0.05, 0) is 37.6 Å². The number of aromatic amines is 1. The van der Waals surface area contributed by atoms with Crippen molar-refractivity contribution in [1.29, 1.82) is 0 Å². The Hall–Kier alpha value is -3.56. The molecule has 42 heavy (non-hydrogen) atoms. The van der Waals surface area contributed by atoms with Crippen molar-refractivity contribution in [3.05, 3.63) is 18.2 Å². The molecule has 238 valence electrons. The van der Waals surface area contributed by atoms with E-state index >= 15 is 0 Å². The number of H-pyrrole nitrogens is 1. The number of amides is 4. The molecular formula is C27H48N8O7. The Balaban J connectivity index is 2.96. The molecule has 4 amide bonds. The maximum absolute atomic E-state index is 13.1. The first-order valence-corrected chi connectivity index (χ1v) is 14.3. The van der Waals surface area contributed by atoms with Crippen molar-refractivity contribution < 1.29 is 34.2 Å². The molecule has 11 N–H and O–H groups in total. The summed E-state index contributed by atoms with van der Waals surface area (Å²) in [7, 11) is 0. The summed E-state index contributed by atoms with van der Waals surface area (Å²) >= 11 is 0. The van der Waals surface area contributed by atoms with Gasteiger partial charge in [-0.1, -0.05) is 40.5 Å². The van der Waals surface area contributed by atoms with Gasteiger partial charge in [0.05, 0.1) is 19.0 Å². The van der Waals surface area contributed by atoms with Crippen molar-refractivity contribution in [1.82, 2.24) is 31.2 Å². The van der Waals surface area contributed by atoms with E-state index in [0.717, 1.165) is 0 Å². The van der Waals surface area contributed by atoms with Crippen molar-refractivity contribution in [2.24, 2.45) is 23.3 Å². The number of nitrogens with one attached hydrogen (secondary N) is 5. The molecule has 15 heteroatoms. The molecule has 1 rings (SSSR count). The second-order valence-electron chi connectivity index (χ2n) is 10.9. The van der Waals surface area contributed by atoms with Gasteiger partial charge >= 0.3 is 5.97 Å². The van der Waals surface area contributed by atoms with Crippen LogP contribution in [0.1, 0.15) is 65.5 Å². The van der Waals surface area contributed by atoms with Crippen LogP contribution in [0.15, 0.2) is 12.5 Å². The number of aromatic nitrogens is 2. The molecule has 0 saturated carbocycles. The van der Waals surface area contributed by atoms with Gasteiger partial charge in [-0.3, -0.25) is 19.2 Å². The average molecular weight is 597 g/mol. The summed E-state index contributed by atoms with van der Waals surface area (Å²) in [6, 6.07) is -5.76. The van der Waals surface area contributed by atoms with Gasteiger partial charge in [0.15, 0.2) is 0 Å². The molecule has 0 saturated heterocycles. The van der Waals surface area contributed by atoms with Crippen molar-refractivity contribution >= 4 is 29.6 Å². The summed E-state index contributed by atoms with van der Waals surface area (Å²) in [5.41, 5.74) is 11.9. The number of carboxylic acid groups (broad SMARTS) is 1. The zero-order valence-electron chi connectivity index (χ0n) is 24.9. The van der Waals surface area contributed by atoms with Gasteiger partial charge in [0.1, 0.15) is 24.2 Å². The second kappa shape index (κ2) is 18.8. The topological polar surface area (TPSA) is 255 Å². The summed E-state index contributed by atoms with van der Waals surface area (Å²) in [6.07, 6.45) is 5.23. The number of rotatable bonds is 20. The molecule has 1 aromatic rings. The molecule has 0 aromatic carbocycles. The average Bonchev–Trinajstić information content (AvgIpc) is 3.45. The number of hydrogen-bond acceptors (Lipinski definition) is 9. The summed E-state index contributed by atoms with van der Waals surface area (Å²) in [5.74, 6) is -4.49. The number of unbranched alkanes of at least 4 members (excludes halogenated alkanes) is 1. The van der Waals surface area contributed by atoms with Crippen LogP contribution in [0.5, 0.6) is 0 Å². The summed E-state index contributed by atoms with van der Waals surface area (Å²) < 4.78 is 0. The van der Waals surface area contributed by atoms with Gasteiger partial charge in [-0.15, -0.1) is 0 Å². The number of hydrogen-bond donors (Lipinski definition) is 9. The predicted molar refractivity (Wildman–Crippen MR) is 155 cm³/mol. The van der Waals surface area contributed by atoms with E-state index < -0.39 is 72.3 Å². The first-order chi connectivity index (χ1) is 19.8. The molecule has 6 atom stereocenters. The maximum Gasteiger partial charge on any atom is 0.326 e. The van der Waals surface area contributed by atoms with E-state index in [2.05, 4.69) is 31.2 Å². The van der Waals surface area contributed by atoms with Gasteiger partial charge in [0.2, 0.25) is 23.6 Å². The molecular weight excluding hydrogens is 548 g/mol. The Labute approximate surface area is 246 Å². The lowest BCUT2D eigenvalue weighted by Gasteiger charge is -2.28. The van der Waals surface area contributed by atoms with Gasteiger partial charge < -0.3 is 47.9 Å². The number of aliphatic carboxylic acids is 1. The molecule has 1 aromatic heterocycles. The van der Waals surface area contributed by atoms with Crippen LogP contribution in [0, 0.1) is 11.8 Å². The molecule has 0 aliphatic rings. The van der Waals surface area contributed by atoms with Gasteiger partial charge in [0, 0.05) is 18.3 Å². The van der Waals surface area contributed by atoms with E-state index in [1.807, 2.05) is 13.8 Å². The summed E-state index contributed by atoms with van der Waals surface area (Å²) in [4.78, 5) is 70.4. The number of aliphatic hydroxyl groups is 1. The van der Waals surface area contributed by atoms with E-state index in [1.165, 1.54) is 12.5 Å². The standard InChI is InChI=1S/C27H48N8O7/c1-5-16(4)22(26(40)33-20(27(41)42)11-17-12-30-14-31-17)35-25(39)21(13-36)34-24(38)19(10-15(2)3)32-23(37)18(29)8-6-7-9-28/h12,14-16,18-22,36H,5-11,13,28-29H2,1-4H3,(H,30,31)(H,32,37)(H,33,40)(H,34,38)(H,35,39)(H,41,42)/t16-,18-,19-,20-,21-,22-/m0/s1. The fourth-order valence-corrected chi connectivity index (χ4v) is 4.12. The Morgan fingerprint density at radius 1 is 0.929 bits per heavy atom. The molecule has 15 nitrogen and oxygen atoms in total. The minimum Gasteiger partial charge on any atom is -0.480 e. The van der Waals surface area contributed by atoms with Crippen LogP contribution >= 0.6 is 0 Å². The summed E-state index contributed by atoms with van der Waals surface area (Å²) in [5, 5.41) is 29.6. The summed E-state index contributed by atoms with van der Waals surface area (Å²) in [6.45, 7) is 6.90. The highest BCUT2D eigenvalue weighted by Gasteiger charge is 2.33. The largest absolute Gasteiger partial charge is 0.480 e. The number of imidazole rings is 1. The van der Waals surface area contributed by atoms with Crippen LogP contribution < -0.4 is 32.7 Å². The monoisotopic (exact) mass is 596 g/mol. The number of carboxylic acids is 1. The Morgan fingerprint density at radius 2 is 1.55 bits per heavy atom. The zero-order valence-corrected chi connectivity index (χ0v) is 24.9. The number of carbonyl (C=O) groups is 5. The lowest BCUT2D eigenvalue weighted by molar-refractivity contribution is -0.142. The second-order valence-corrected chi connectivity index (χ2v) is 10.9. The number of nitrogens with two attached hydrogens (primary N) is 2. The van der Waals surface area contributed by atoms with Crippen molar-refractivity contribution in [3.8, 4) is 0 Å². The van der Waals surface area contributed by atoms with Crippen LogP contribution in [0.3, 0.4) is 0 Å². The molecule has 1 heterocycles. The van der Waals surface area contributed by atoms with Gasteiger partial charge in [0.25, 0.3) is 0 Å². The minimum atomic E-state index is -1.44. The Kier molecular flexibility index (Phi) is 16.3. The lowest BCUT2D eigenvalue weighted by Crippen LogP contribution is -2.60. The fourth-order valence-electron chi connectivity index (χ4n) is 4.12. The first kappa shape index (κ1) is 36.5. The molecule has 0 aliphatic heterocycles. The van der Waals surface area contributed by atoms with Crippen LogP contribution in [-0.4, -0.2) is 93.1 Å². The third-order valence-corrected chi connectivity index (χ3v) is 6.85. The Bertz CT molecular complexity index is 1000. The number of nitrogens with zero attached hydrogens (tertiary/aromatic N) is 1. The van der Waals surface area contributed by atoms with Gasteiger partial charge in [-0.2, -0.15) is 0 Å². The van der Waals surface area contributed by atoms with Gasteiger partial charge in [-0.25, -0.2) is 9.78 Å². The number of carbonyl (C=O) groups excluding carboxylic acids is 4. The highest BCUT2D eigenvalue weighted by molar-refractivity contribution is 5.95. The molecule has 0 bridgehead atoms. The van der Waals surface area contributed by atoms with E-state index in [0.29, 0.717) is 37.9 Å². The van der Waals surface area contributed by atoms with E-state index in [1.54, 1.807) is 13.8 Å². The van der Waals surface area contributed by atoms with Crippen LogP contribution in [-0.2, 0) is 30.4 Å². The molecule has 0 spiro atoms. The molecule has 0 fully saturated rings. The highest BCUT2D eigenvalue weighted by atomic mass is 16.4. The normalized spacial score (nSPS) is 15.5. The van der Waals surface area contributed by atoms with E-state index in [9.17, 15) is 34.2 Å². The quantitative estimate of drug-likeness (QED) is 0.0789. The first-order valence-electron chi connectivity index (χ1n) is 14.3. The lowest BCUT2D eigenvalue weighted by atomic mass is 9.97. The molecule has 0 radical (unpaired) electrons. The van der Waals surface area contributed by atoms with Crippen LogP contribution in [0.25, 0.3) is 0 Å². The third kappa shape index (κ3) is 12.5.